The van der Waals surface area contributed by atoms with Crippen molar-refractivity contribution < 1.29 is 9.36 Å². The smallest absolute Gasteiger partial charge is 0.215 e. The zero-order valence-corrected chi connectivity index (χ0v) is 16.4. The summed E-state index contributed by atoms with van der Waals surface area (Å²) in [6, 6.07) is 10.9. The van der Waals surface area contributed by atoms with E-state index in [0.717, 1.165) is 18.4 Å². The second kappa shape index (κ2) is 6.89. The van der Waals surface area contributed by atoms with Gasteiger partial charge in [0.1, 0.15) is 0 Å². The zero-order chi connectivity index (χ0) is 17.3. The lowest BCUT2D eigenvalue weighted by Gasteiger charge is -2.48. The van der Waals surface area contributed by atoms with Crippen LogP contribution in [0.2, 0.25) is 19.6 Å². The van der Waals surface area contributed by atoms with Crippen molar-refractivity contribution in [1.82, 2.24) is 5.23 Å². The van der Waals surface area contributed by atoms with Gasteiger partial charge >= 0.3 is 0 Å². The predicted octanol–water partition coefficient (Wildman–Crippen LogP) is 5.29. The normalized spacial score (nSPS) is 25.3. The maximum absolute atomic E-state index is 6.29. The molecule has 0 amide bonds. The van der Waals surface area contributed by atoms with Gasteiger partial charge in [-0.05, 0) is 58.8 Å². The summed E-state index contributed by atoms with van der Waals surface area (Å²) in [4.78, 5) is 6.22. The van der Waals surface area contributed by atoms with Gasteiger partial charge in [0.2, 0.25) is 8.32 Å². The molecule has 2 rings (SSSR count). The Labute approximate surface area is 142 Å². The van der Waals surface area contributed by atoms with Gasteiger partial charge in [-0.2, -0.15) is 0 Å². The first-order valence-corrected chi connectivity index (χ1v) is 11.8. The molecule has 0 N–H and O–H groups in total. The van der Waals surface area contributed by atoms with E-state index in [2.05, 4.69) is 77.3 Å². The minimum Gasteiger partial charge on any atom is -0.321 e. The Bertz CT molecular complexity index is 534. The maximum atomic E-state index is 6.29. The first-order chi connectivity index (χ1) is 10.6. The summed E-state index contributed by atoms with van der Waals surface area (Å²) in [6.07, 6.45) is 1.85. The van der Waals surface area contributed by atoms with Gasteiger partial charge in [-0.3, -0.25) is 4.84 Å². The van der Waals surface area contributed by atoms with Gasteiger partial charge in [-0.25, -0.2) is 0 Å². The van der Waals surface area contributed by atoms with E-state index in [1.807, 2.05) is 5.23 Å². The Morgan fingerprint density at radius 3 is 2.43 bits per heavy atom. The van der Waals surface area contributed by atoms with Crippen LogP contribution >= 0.6 is 0 Å². The number of hydrogen-bond donors (Lipinski definition) is 0. The zero-order valence-electron chi connectivity index (χ0n) is 15.4. The highest BCUT2D eigenvalue weighted by atomic mass is 28.4. The number of rotatable bonds is 5. The largest absolute Gasteiger partial charge is 0.321 e. The quantitative estimate of drug-likeness (QED) is 0.540. The van der Waals surface area contributed by atoms with Gasteiger partial charge in [-0.1, -0.05) is 41.1 Å². The standard InChI is InChI=1S/C19H31NO2Si/c1-15(2)13-18-17(16-11-9-8-10-12-16)14-19(3,4)21-20(18)22-23(5,6)7/h8-12,17-18H,1,13-14H2,2-7H3. The van der Waals surface area contributed by atoms with Crippen LogP contribution in [-0.4, -0.2) is 25.2 Å². The molecule has 3 nitrogen and oxygen atoms in total. The Kier molecular flexibility index (Phi) is 5.51. The van der Waals surface area contributed by atoms with Crippen molar-refractivity contribution in [1.29, 1.82) is 0 Å². The van der Waals surface area contributed by atoms with Crippen molar-refractivity contribution in [2.45, 2.75) is 70.8 Å². The predicted molar refractivity (Wildman–Crippen MR) is 98.5 cm³/mol. The molecule has 128 valence electrons. The molecule has 2 unspecified atom stereocenters. The highest BCUT2D eigenvalue weighted by molar-refractivity contribution is 6.69. The lowest BCUT2D eigenvalue weighted by atomic mass is 9.79. The maximum Gasteiger partial charge on any atom is 0.215 e. The van der Waals surface area contributed by atoms with Crippen LogP contribution in [0.3, 0.4) is 0 Å². The average molecular weight is 334 g/mol. The second-order valence-corrected chi connectivity index (χ2v) is 12.7. The summed E-state index contributed by atoms with van der Waals surface area (Å²) in [5.41, 5.74) is 2.26. The lowest BCUT2D eigenvalue weighted by molar-refractivity contribution is -0.409. The molecule has 0 saturated carbocycles. The van der Waals surface area contributed by atoms with Crippen LogP contribution in [0.25, 0.3) is 0 Å². The van der Waals surface area contributed by atoms with Crippen LogP contribution < -0.4 is 0 Å². The van der Waals surface area contributed by atoms with Crippen molar-refractivity contribution in [2.75, 3.05) is 0 Å². The van der Waals surface area contributed by atoms with Crippen molar-refractivity contribution >= 4 is 8.32 Å². The first-order valence-electron chi connectivity index (χ1n) is 8.44. The van der Waals surface area contributed by atoms with E-state index < -0.39 is 8.32 Å². The number of nitrogens with zero attached hydrogens (tertiary/aromatic N) is 1. The number of hydroxylamine groups is 2. The fraction of sp³-hybridized carbons (Fsp3) is 0.579. The third-order valence-corrected chi connectivity index (χ3v) is 4.66. The van der Waals surface area contributed by atoms with Gasteiger partial charge in [0.25, 0.3) is 0 Å². The van der Waals surface area contributed by atoms with Crippen molar-refractivity contribution in [3.8, 4) is 0 Å². The molecule has 2 atom stereocenters. The molecule has 0 aliphatic carbocycles. The molecule has 0 aromatic heterocycles. The van der Waals surface area contributed by atoms with Crippen molar-refractivity contribution in [2.24, 2.45) is 0 Å². The van der Waals surface area contributed by atoms with Crippen LogP contribution in [0, 0.1) is 0 Å². The highest BCUT2D eigenvalue weighted by Gasteiger charge is 2.44. The topological polar surface area (TPSA) is 21.7 Å². The lowest BCUT2D eigenvalue weighted by Crippen LogP contribution is -2.54. The Morgan fingerprint density at radius 2 is 1.91 bits per heavy atom. The fourth-order valence-corrected chi connectivity index (χ4v) is 3.84. The molecule has 23 heavy (non-hydrogen) atoms. The molecule has 1 aromatic rings. The van der Waals surface area contributed by atoms with Crippen LogP contribution in [0.4, 0.5) is 0 Å². The van der Waals surface area contributed by atoms with E-state index in [1.54, 1.807) is 0 Å². The van der Waals surface area contributed by atoms with Crippen LogP contribution in [0.5, 0.6) is 0 Å². The monoisotopic (exact) mass is 333 g/mol. The van der Waals surface area contributed by atoms with E-state index >= 15 is 0 Å². The summed E-state index contributed by atoms with van der Waals surface area (Å²) in [5.74, 6) is 0.369. The summed E-state index contributed by atoms with van der Waals surface area (Å²) in [6.45, 7) is 17.0. The third-order valence-electron chi connectivity index (χ3n) is 3.93. The molecular formula is C19H31NO2Si. The van der Waals surface area contributed by atoms with Crippen LogP contribution in [-0.2, 0) is 9.36 Å². The Balaban J connectivity index is 2.37. The third kappa shape index (κ3) is 5.28. The molecule has 1 saturated heterocycles. The van der Waals surface area contributed by atoms with Gasteiger partial charge in [0, 0.05) is 5.92 Å². The van der Waals surface area contributed by atoms with Gasteiger partial charge in [0.05, 0.1) is 11.6 Å². The highest BCUT2D eigenvalue weighted by Crippen LogP contribution is 2.42. The van der Waals surface area contributed by atoms with E-state index in [1.165, 1.54) is 5.56 Å². The fourth-order valence-electron chi connectivity index (χ4n) is 3.13. The minimum atomic E-state index is -1.76. The second-order valence-electron chi connectivity index (χ2n) is 8.29. The van der Waals surface area contributed by atoms with Crippen molar-refractivity contribution in [3.63, 3.8) is 0 Å². The summed E-state index contributed by atoms with van der Waals surface area (Å²) >= 11 is 0. The van der Waals surface area contributed by atoms with E-state index in [9.17, 15) is 0 Å². The SMILES string of the molecule is C=C(C)CC1C(c2ccccc2)CC(C)(C)ON1O[Si](C)(C)C. The van der Waals surface area contributed by atoms with E-state index in [0.29, 0.717) is 5.92 Å². The Hall–Kier alpha value is -0.943. The van der Waals surface area contributed by atoms with E-state index in [-0.39, 0.29) is 11.6 Å². The summed E-state index contributed by atoms with van der Waals surface area (Å²) < 4.78 is 6.29. The summed E-state index contributed by atoms with van der Waals surface area (Å²) in [5, 5.41) is 1.81. The number of benzene rings is 1. The van der Waals surface area contributed by atoms with E-state index in [4.69, 9.17) is 9.36 Å². The molecule has 1 fully saturated rings. The van der Waals surface area contributed by atoms with Crippen LogP contribution in [0.15, 0.2) is 42.5 Å². The molecule has 4 heteroatoms. The van der Waals surface area contributed by atoms with Crippen LogP contribution in [0.1, 0.15) is 45.1 Å². The molecule has 1 heterocycles. The Morgan fingerprint density at radius 1 is 1.30 bits per heavy atom. The summed E-state index contributed by atoms with van der Waals surface area (Å²) in [7, 11) is -1.76. The molecule has 1 aliphatic rings. The molecule has 0 spiro atoms. The minimum absolute atomic E-state index is 0.162. The first kappa shape index (κ1) is 18.4. The van der Waals surface area contributed by atoms with Gasteiger partial charge < -0.3 is 4.53 Å². The average Bonchev–Trinajstić information content (AvgIpc) is 2.40. The van der Waals surface area contributed by atoms with Gasteiger partial charge in [-0.15, -0.1) is 6.58 Å². The van der Waals surface area contributed by atoms with Gasteiger partial charge in [0.15, 0.2) is 0 Å². The molecule has 1 aromatic carbocycles. The molecule has 0 radical (unpaired) electrons. The molecular weight excluding hydrogens is 302 g/mol. The van der Waals surface area contributed by atoms with Crippen molar-refractivity contribution in [3.05, 3.63) is 48.0 Å². The molecule has 1 aliphatic heterocycles. The number of hydrogen-bond acceptors (Lipinski definition) is 3. The molecule has 0 bridgehead atoms.